The molecule has 2 aliphatic heterocycles. The number of likely N-dealkylation sites (tertiary alicyclic amines) is 1. The van der Waals surface area contributed by atoms with Gasteiger partial charge in [0.2, 0.25) is 0 Å². The van der Waals surface area contributed by atoms with E-state index in [0.29, 0.717) is 5.92 Å². The van der Waals surface area contributed by atoms with Gasteiger partial charge < -0.3 is 4.90 Å². The van der Waals surface area contributed by atoms with Crippen molar-refractivity contribution in [3.63, 3.8) is 0 Å². The van der Waals surface area contributed by atoms with Crippen LogP contribution in [0.4, 0.5) is 0 Å². The maximum absolute atomic E-state index is 5.06. The minimum atomic E-state index is 0.661. The van der Waals surface area contributed by atoms with Gasteiger partial charge >= 0.3 is 0 Å². The smallest absolute Gasteiger partial charge is 0.0464 e. The molecule has 0 spiro atoms. The monoisotopic (exact) mass is 321 g/mol. The molecule has 3 nitrogen and oxygen atoms in total. The Hall–Kier alpha value is -1.71. The van der Waals surface area contributed by atoms with Gasteiger partial charge in [-0.3, -0.25) is 9.88 Å². The van der Waals surface area contributed by atoms with Crippen molar-refractivity contribution >= 4 is 0 Å². The third-order valence-electron chi connectivity index (χ3n) is 5.53. The van der Waals surface area contributed by atoms with Gasteiger partial charge in [0.1, 0.15) is 0 Å². The molecular formula is C21H27N3. The summed E-state index contributed by atoms with van der Waals surface area (Å²) in [6.07, 6.45) is 3.59. The zero-order valence-electron chi connectivity index (χ0n) is 14.6. The van der Waals surface area contributed by atoms with Gasteiger partial charge in [-0.2, -0.15) is 0 Å². The summed E-state index contributed by atoms with van der Waals surface area (Å²) in [5.41, 5.74) is 5.50. The lowest BCUT2D eigenvalue weighted by Gasteiger charge is -2.31. The third kappa shape index (κ3) is 3.52. The largest absolute Gasteiger partial charge is 0.306 e. The Morgan fingerprint density at radius 1 is 1.00 bits per heavy atom. The molecule has 0 N–H and O–H groups in total. The van der Waals surface area contributed by atoms with Crippen molar-refractivity contribution in [1.82, 2.24) is 14.8 Å². The Kier molecular flexibility index (Phi) is 4.63. The summed E-state index contributed by atoms with van der Waals surface area (Å²) in [7, 11) is 2.22. The Morgan fingerprint density at radius 2 is 1.79 bits per heavy atom. The van der Waals surface area contributed by atoms with Crippen molar-refractivity contribution in [1.29, 1.82) is 0 Å². The van der Waals surface area contributed by atoms with Gasteiger partial charge in [0.25, 0.3) is 0 Å². The number of hydrogen-bond donors (Lipinski definition) is 0. The SMILES string of the molecule is CN1CCC(c2ccc3c(n2)CCN(Cc2ccccc2)C3)CC1. The minimum absolute atomic E-state index is 0.661. The number of rotatable bonds is 3. The van der Waals surface area contributed by atoms with Gasteiger partial charge in [-0.05, 0) is 50.2 Å². The molecule has 24 heavy (non-hydrogen) atoms. The van der Waals surface area contributed by atoms with E-state index in [1.165, 1.54) is 48.4 Å². The highest BCUT2D eigenvalue weighted by atomic mass is 15.1. The van der Waals surface area contributed by atoms with Crippen molar-refractivity contribution < 1.29 is 0 Å². The van der Waals surface area contributed by atoms with Gasteiger partial charge in [0.15, 0.2) is 0 Å². The molecule has 0 aliphatic carbocycles. The zero-order valence-corrected chi connectivity index (χ0v) is 14.6. The third-order valence-corrected chi connectivity index (χ3v) is 5.53. The van der Waals surface area contributed by atoms with Crippen LogP contribution in [0.1, 0.15) is 41.3 Å². The Morgan fingerprint density at radius 3 is 2.58 bits per heavy atom. The van der Waals surface area contributed by atoms with Crippen LogP contribution < -0.4 is 0 Å². The fourth-order valence-electron chi connectivity index (χ4n) is 4.00. The summed E-state index contributed by atoms with van der Waals surface area (Å²) in [5.74, 6) is 0.661. The van der Waals surface area contributed by atoms with Crippen LogP contribution in [0.15, 0.2) is 42.5 Å². The average Bonchev–Trinajstić information content (AvgIpc) is 2.63. The molecule has 1 aromatic heterocycles. The minimum Gasteiger partial charge on any atom is -0.306 e. The molecule has 1 fully saturated rings. The lowest BCUT2D eigenvalue weighted by Crippen LogP contribution is -2.32. The Bertz CT molecular complexity index is 675. The maximum Gasteiger partial charge on any atom is 0.0464 e. The highest BCUT2D eigenvalue weighted by molar-refractivity contribution is 5.27. The Labute approximate surface area is 145 Å². The molecule has 0 atom stereocenters. The predicted molar refractivity (Wildman–Crippen MR) is 98.0 cm³/mol. The summed E-state index contributed by atoms with van der Waals surface area (Å²) >= 11 is 0. The fraction of sp³-hybridized carbons (Fsp3) is 0.476. The molecule has 2 aromatic rings. The van der Waals surface area contributed by atoms with E-state index in [9.17, 15) is 0 Å². The molecule has 2 aliphatic rings. The molecule has 0 saturated carbocycles. The average molecular weight is 321 g/mol. The number of pyridine rings is 1. The van der Waals surface area contributed by atoms with Gasteiger partial charge in [-0.25, -0.2) is 0 Å². The molecule has 126 valence electrons. The van der Waals surface area contributed by atoms with Crippen molar-refractivity contribution in [3.05, 3.63) is 65.0 Å². The molecule has 0 bridgehead atoms. The fourth-order valence-corrected chi connectivity index (χ4v) is 4.00. The molecule has 0 amide bonds. The summed E-state index contributed by atoms with van der Waals surface area (Å²) in [5, 5.41) is 0. The molecule has 0 unspecified atom stereocenters. The quantitative estimate of drug-likeness (QED) is 0.863. The van der Waals surface area contributed by atoms with Gasteiger partial charge in [0, 0.05) is 43.4 Å². The van der Waals surface area contributed by atoms with Crippen LogP contribution in [-0.4, -0.2) is 41.5 Å². The van der Waals surface area contributed by atoms with Crippen molar-refractivity contribution in [2.24, 2.45) is 0 Å². The topological polar surface area (TPSA) is 19.4 Å². The number of piperidine rings is 1. The van der Waals surface area contributed by atoms with Crippen molar-refractivity contribution in [3.8, 4) is 0 Å². The van der Waals surface area contributed by atoms with Crippen LogP contribution in [0.25, 0.3) is 0 Å². The number of benzene rings is 1. The van der Waals surface area contributed by atoms with Gasteiger partial charge in [-0.15, -0.1) is 0 Å². The van der Waals surface area contributed by atoms with Gasteiger partial charge in [0.05, 0.1) is 0 Å². The number of nitrogens with zero attached hydrogens (tertiary/aromatic N) is 3. The molecular weight excluding hydrogens is 294 g/mol. The normalized spacial score (nSPS) is 20.0. The van der Waals surface area contributed by atoms with E-state index in [2.05, 4.69) is 59.3 Å². The second-order valence-corrected chi connectivity index (χ2v) is 7.37. The summed E-state index contributed by atoms with van der Waals surface area (Å²) in [4.78, 5) is 10.0. The molecule has 1 saturated heterocycles. The van der Waals surface area contributed by atoms with Gasteiger partial charge in [-0.1, -0.05) is 36.4 Å². The van der Waals surface area contributed by atoms with E-state index in [0.717, 1.165) is 26.1 Å². The first-order valence-electron chi connectivity index (χ1n) is 9.21. The van der Waals surface area contributed by atoms with E-state index >= 15 is 0 Å². The van der Waals surface area contributed by atoms with Crippen LogP contribution in [0.5, 0.6) is 0 Å². The predicted octanol–water partition coefficient (Wildman–Crippen LogP) is 3.45. The van der Waals surface area contributed by atoms with E-state index in [1.807, 2.05) is 0 Å². The first kappa shape index (κ1) is 15.8. The second kappa shape index (κ2) is 7.04. The highest BCUT2D eigenvalue weighted by Crippen LogP contribution is 2.28. The molecule has 3 heterocycles. The first-order chi connectivity index (χ1) is 11.8. The molecule has 3 heteroatoms. The Balaban J connectivity index is 1.43. The molecule has 0 radical (unpaired) electrons. The summed E-state index contributed by atoms with van der Waals surface area (Å²) in [6.45, 7) is 5.59. The lowest BCUT2D eigenvalue weighted by molar-refractivity contribution is 0.241. The maximum atomic E-state index is 5.06. The molecule has 1 aromatic carbocycles. The summed E-state index contributed by atoms with van der Waals surface area (Å²) in [6, 6.07) is 15.4. The van der Waals surface area contributed by atoms with E-state index in [1.54, 1.807) is 0 Å². The number of hydrogen-bond acceptors (Lipinski definition) is 3. The van der Waals surface area contributed by atoms with Crippen LogP contribution in [-0.2, 0) is 19.5 Å². The van der Waals surface area contributed by atoms with Crippen LogP contribution in [0.2, 0.25) is 0 Å². The van der Waals surface area contributed by atoms with Crippen molar-refractivity contribution in [2.45, 2.75) is 38.3 Å². The lowest BCUT2D eigenvalue weighted by atomic mass is 9.92. The zero-order chi connectivity index (χ0) is 16.4. The highest BCUT2D eigenvalue weighted by Gasteiger charge is 2.22. The van der Waals surface area contributed by atoms with Crippen LogP contribution in [0, 0.1) is 0 Å². The van der Waals surface area contributed by atoms with E-state index in [-0.39, 0.29) is 0 Å². The molecule has 4 rings (SSSR count). The number of fused-ring (bicyclic) bond motifs is 1. The summed E-state index contributed by atoms with van der Waals surface area (Å²) < 4.78 is 0. The second-order valence-electron chi connectivity index (χ2n) is 7.37. The van der Waals surface area contributed by atoms with Crippen molar-refractivity contribution in [2.75, 3.05) is 26.7 Å². The number of aromatic nitrogens is 1. The van der Waals surface area contributed by atoms with E-state index in [4.69, 9.17) is 4.98 Å². The van der Waals surface area contributed by atoms with E-state index < -0.39 is 0 Å². The standard InChI is InChI=1S/C21H27N3/c1-23-12-9-18(10-13-23)20-8-7-19-16-24(14-11-21(19)22-20)15-17-5-3-2-4-6-17/h2-8,18H,9-16H2,1H3. The van der Waals surface area contributed by atoms with Crippen LogP contribution in [0.3, 0.4) is 0 Å². The first-order valence-corrected chi connectivity index (χ1v) is 9.21. The van der Waals surface area contributed by atoms with Crippen LogP contribution >= 0.6 is 0 Å².